The van der Waals surface area contributed by atoms with Crippen molar-refractivity contribution in [3.8, 4) is 5.75 Å². The van der Waals surface area contributed by atoms with Gasteiger partial charge in [0, 0.05) is 13.1 Å². The lowest BCUT2D eigenvalue weighted by Gasteiger charge is -2.03. The quantitative estimate of drug-likeness (QED) is 0.431. The zero-order valence-electron chi connectivity index (χ0n) is 16.6. The zero-order chi connectivity index (χ0) is 19.7. The maximum Gasteiger partial charge on any atom is 0.211 e. The molecule has 28 heavy (non-hydrogen) atoms. The number of fused-ring (bicyclic) bond motifs is 2. The highest BCUT2D eigenvalue weighted by Crippen LogP contribution is 2.23. The third-order valence-corrected chi connectivity index (χ3v) is 6.72. The lowest BCUT2D eigenvalue weighted by atomic mass is 10.2. The summed E-state index contributed by atoms with van der Waals surface area (Å²) < 4.78 is 12.5. The van der Waals surface area contributed by atoms with E-state index in [2.05, 4.69) is 70.4 Å². The fourth-order valence-corrected chi connectivity index (χ4v) is 5.56. The van der Waals surface area contributed by atoms with Crippen LogP contribution in [-0.2, 0) is 13.1 Å². The summed E-state index contributed by atoms with van der Waals surface area (Å²) in [6.07, 6.45) is 0. The lowest BCUT2D eigenvalue weighted by Crippen LogP contribution is -2.16. The molecule has 0 unspecified atom stereocenters. The van der Waals surface area contributed by atoms with Crippen LogP contribution in [0.1, 0.15) is 26.3 Å². The number of thiazole rings is 2. The number of aromatic nitrogens is 2. The molecule has 146 valence electrons. The molecule has 0 aliphatic heterocycles. The highest BCUT2D eigenvalue weighted by Gasteiger charge is 2.07. The van der Waals surface area contributed by atoms with Crippen LogP contribution >= 0.6 is 22.7 Å². The Labute approximate surface area is 171 Å². The Hall–Kier alpha value is -2.38. The minimum atomic E-state index is 0.666. The van der Waals surface area contributed by atoms with Crippen LogP contribution in [0, 0.1) is 6.92 Å². The van der Waals surface area contributed by atoms with Crippen molar-refractivity contribution in [2.45, 2.75) is 40.8 Å². The van der Waals surface area contributed by atoms with E-state index >= 15 is 0 Å². The van der Waals surface area contributed by atoms with Gasteiger partial charge >= 0.3 is 0 Å². The first-order chi connectivity index (χ1) is 13.6. The number of rotatable bonds is 5. The fourth-order valence-electron chi connectivity index (χ4n) is 3.34. The van der Waals surface area contributed by atoms with Crippen LogP contribution in [0.5, 0.6) is 5.75 Å². The van der Waals surface area contributed by atoms with Crippen molar-refractivity contribution in [3.63, 3.8) is 0 Å². The Kier molecular flexibility index (Phi) is 5.37. The van der Waals surface area contributed by atoms with Gasteiger partial charge in [0.05, 0.1) is 27.0 Å². The average Bonchev–Trinajstić information content (AvgIpc) is 3.22. The molecule has 0 saturated heterocycles. The van der Waals surface area contributed by atoms with E-state index in [1.807, 2.05) is 13.0 Å². The van der Waals surface area contributed by atoms with Gasteiger partial charge in [0.2, 0.25) is 9.60 Å². The summed E-state index contributed by atoms with van der Waals surface area (Å²) in [4.78, 5) is 1.83. The molecule has 4 rings (SSSR count). The molecule has 0 amide bonds. The monoisotopic (exact) mass is 412 g/mol. The summed E-state index contributed by atoms with van der Waals surface area (Å²) in [5.41, 5.74) is 3.65. The molecule has 0 bridgehead atoms. The van der Waals surface area contributed by atoms with E-state index in [9.17, 15) is 0 Å². The molecule has 0 fully saturated rings. The van der Waals surface area contributed by atoms with Crippen molar-refractivity contribution in [2.24, 2.45) is 10.2 Å². The van der Waals surface area contributed by atoms with Gasteiger partial charge in [0.15, 0.2) is 0 Å². The van der Waals surface area contributed by atoms with E-state index in [1.54, 1.807) is 22.7 Å². The Balaban J connectivity index is 1.89. The van der Waals surface area contributed by atoms with E-state index in [1.165, 1.54) is 21.3 Å². The maximum absolute atomic E-state index is 5.64. The topological polar surface area (TPSA) is 43.8 Å². The Morgan fingerprint density at radius 2 is 1.39 bits per heavy atom. The molecular weight excluding hydrogens is 388 g/mol. The normalized spacial score (nSPS) is 13.1. The SMILES string of the molecule is CCOc1ccc2c(c1)s/c(=N\N=c1\sc3cc(C)ccc3n1CC)n2CC. The highest BCUT2D eigenvalue weighted by molar-refractivity contribution is 7.16. The van der Waals surface area contributed by atoms with Crippen LogP contribution in [0.4, 0.5) is 0 Å². The maximum atomic E-state index is 5.64. The number of nitrogens with zero attached hydrogens (tertiary/aromatic N) is 4. The molecule has 0 spiro atoms. The first kappa shape index (κ1) is 19.0. The number of aryl methyl sites for hydroxylation is 3. The molecule has 0 radical (unpaired) electrons. The summed E-state index contributed by atoms with van der Waals surface area (Å²) in [7, 11) is 0. The zero-order valence-corrected chi connectivity index (χ0v) is 18.2. The summed E-state index contributed by atoms with van der Waals surface area (Å²) >= 11 is 3.34. The lowest BCUT2D eigenvalue weighted by molar-refractivity contribution is 0.341. The van der Waals surface area contributed by atoms with Crippen molar-refractivity contribution in [2.75, 3.05) is 6.61 Å². The van der Waals surface area contributed by atoms with Crippen LogP contribution in [-0.4, -0.2) is 15.7 Å². The molecule has 0 aliphatic carbocycles. The largest absolute Gasteiger partial charge is 0.494 e. The van der Waals surface area contributed by atoms with Crippen LogP contribution in [0.2, 0.25) is 0 Å². The minimum absolute atomic E-state index is 0.666. The number of hydrogen-bond acceptors (Lipinski definition) is 5. The fraction of sp³-hybridized carbons (Fsp3) is 0.333. The van der Waals surface area contributed by atoms with Crippen LogP contribution in [0.15, 0.2) is 46.6 Å². The molecule has 0 N–H and O–H groups in total. The second-order valence-corrected chi connectivity index (χ2v) is 8.51. The predicted molar refractivity (Wildman–Crippen MR) is 118 cm³/mol. The summed E-state index contributed by atoms with van der Waals surface area (Å²) in [5.74, 6) is 0.895. The second kappa shape index (κ2) is 7.93. The second-order valence-electron chi connectivity index (χ2n) is 6.49. The van der Waals surface area contributed by atoms with Crippen LogP contribution < -0.4 is 14.3 Å². The molecule has 0 atom stereocenters. The van der Waals surface area contributed by atoms with Gasteiger partial charge in [-0.2, -0.15) is 0 Å². The molecule has 2 aromatic carbocycles. The average molecular weight is 413 g/mol. The van der Waals surface area contributed by atoms with Gasteiger partial charge in [-0.3, -0.25) is 0 Å². The number of ether oxygens (including phenoxy) is 1. The minimum Gasteiger partial charge on any atom is -0.494 e. The van der Waals surface area contributed by atoms with Gasteiger partial charge in [0.1, 0.15) is 5.75 Å². The van der Waals surface area contributed by atoms with Crippen molar-refractivity contribution >= 4 is 43.1 Å². The van der Waals surface area contributed by atoms with E-state index in [0.29, 0.717) is 6.61 Å². The van der Waals surface area contributed by atoms with Crippen molar-refractivity contribution in [3.05, 3.63) is 51.6 Å². The van der Waals surface area contributed by atoms with Gasteiger partial charge in [-0.1, -0.05) is 28.7 Å². The first-order valence-corrected chi connectivity index (χ1v) is 11.2. The third-order valence-electron chi connectivity index (χ3n) is 4.66. The summed E-state index contributed by atoms with van der Waals surface area (Å²) in [6, 6.07) is 12.7. The third kappa shape index (κ3) is 3.40. The van der Waals surface area contributed by atoms with Gasteiger partial charge in [-0.25, -0.2) is 0 Å². The Morgan fingerprint density at radius 3 is 1.96 bits per heavy atom. The molecule has 0 saturated carbocycles. The van der Waals surface area contributed by atoms with Gasteiger partial charge in [0.25, 0.3) is 0 Å². The molecular formula is C21H24N4OS2. The van der Waals surface area contributed by atoms with Crippen molar-refractivity contribution < 1.29 is 4.74 Å². The molecule has 2 heterocycles. The molecule has 0 aliphatic rings. The number of hydrogen-bond donors (Lipinski definition) is 0. The summed E-state index contributed by atoms with van der Waals surface area (Å²) in [5, 5.41) is 9.28. The predicted octanol–water partition coefficient (Wildman–Crippen LogP) is 4.88. The first-order valence-electron chi connectivity index (χ1n) is 9.58. The molecule has 5 nitrogen and oxygen atoms in total. The molecule has 4 aromatic rings. The van der Waals surface area contributed by atoms with E-state index < -0.39 is 0 Å². The number of benzene rings is 2. The Morgan fingerprint density at radius 1 is 0.821 bits per heavy atom. The molecule has 7 heteroatoms. The van der Waals surface area contributed by atoms with E-state index in [0.717, 1.165) is 33.1 Å². The summed E-state index contributed by atoms with van der Waals surface area (Å²) in [6.45, 7) is 10.8. The van der Waals surface area contributed by atoms with Gasteiger partial charge in [-0.05, 0) is 63.6 Å². The molecule has 2 aromatic heterocycles. The van der Waals surface area contributed by atoms with E-state index in [-0.39, 0.29) is 0 Å². The van der Waals surface area contributed by atoms with Crippen molar-refractivity contribution in [1.82, 2.24) is 9.13 Å². The van der Waals surface area contributed by atoms with Gasteiger partial charge in [-0.15, -0.1) is 10.2 Å². The van der Waals surface area contributed by atoms with E-state index in [4.69, 9.17) is 4.74 Å². The standard InChI is InChI=1S/C21H24N4OS2/c1-5-24-16-10-8-14(4)12-18(16)27-20(24)22-23-21-25(6-2)17-11-9-15(26-7-3)13-19(17)28-21/h8-13H,5-7H2,1-4H3/b22-20+,23-21-. The highest BCUT2D eigenvalue weighted by atomic mass is 32.1. The van der Waals surface area contributed by atoms with Gasteiger partial charge < -0.3 is 13.9 Å². The van der Waals surface area contributed by atoms with Crippen LogP contribution in [0.25, 0.3) is 20.4 Å². The van der Waals surface area contributed by atoms with Crippen LogP contribution in [0.3, 0.4) is 0 Å². The smallest absolute Gasteiger partial charge is 0.211 e. The van der Waals surface area contributed by atoms with Crippen molar-refractivity contribution in [1.29, 1.82) is 0 Å². The Bertz CT molecular complexity index is 1270.